The summed E-state index contributed by atoms with van der Waals surface area (Å²) in [5, 5.41) is 11.9. The second-order valence-electron chi connectivity index (χ2n) is 5.57. The maximum Gasteiger partial charge on any atom is 0.191 e. The van der Waals surface area contributed by atoms with Crippen LogP contribution in [0.5, 0.6) is 0 Å². The van der Waals surface area contributed by atoms with Gasteiger partial charge in [0.25, 0.3) is 0 Å². The highest BCUT2D eigenvalue weighted by Gasteiger charge is 2.03. The molecule has 3 aromatic rings. The Labute approximate surface area is 141 Å². The minimum atomic E-state index is 0.596. The maximum atomic E-state index is 4.23. The van der Waals surface area contributed by atoms with Gasteiger partial charge in [0, 0.05) is 38.9 Å². The number of fused-ring (bicyclic) bond motifs is 1. The molecule has 0 bridgehead atoms. The van der Waals surface area contributed by atoms with Crippen molar-refractivity contribution >= 4 is 16.9 Å². The van der Waals surface area contributed by atoms with Gasteiger partial charge in [0.15, 0.2) is 5.96 Å². The van der Waals surface area contributed by atoms with E-state index in [4.69, 9.17) is 0 Å². The molecule has 2 heterocycles. The maximum absolute atomic E-state index is 4.23. The van der Waals surface area contributed by atoms with E-state index in [1.54, 1.807) is 18.1 Å². The third-order valence-corrected chi connectivity index (χ3v) is 3.99. The van der Waals surface area contributed by atoms with Crippen LogP contribution < -0.4 is 10.6 Å². The monoisotopic (exact) mass is 325 g/mol. The summed E-state index contributed by atoms with van der Waals surface area (Å²) >= 11 is 0. The Balaban J connectivity index is 1.44. The lowest BCUT2D eigenvalue weighted by molar-refractivity contribution is 0.633. The molecule has 24 heavy (non-hydrogen) atoms. The van der Waals surface area contributed by atoms with Crippen molar-refractivity contribution in [1.82, 2.24) is 30.0 Å². The Morgan fingerprint density at radius 1 is 1.21 bits per heavy atom. The van der Waals surface area contributed by atoms with Gasteiger partial charge in [0.05, 0.1) is 6.54 Å². The number of nitrogens with zero attached hydrogens (tertiary/aromatic N) is 5. The van der Waals surface area contributed by atoms with Crippen LogP contribution in [-0.2, 0) is 20.1 Å². The number of nitrogens with one attached hydrogen (secondary N) is 2. The fraction of sp³-hybridized carbons (Fsp3) is 0.353. The zero-order valence-corrected chi connectivity index (χ0v) is 14.1. The molecule has 0 aliphatic carbocycles. The molecule has 0 aliphatic rings. The Morgan fingerprint density at radius 3 is 2.88 bits per heavy atom. The molecule has 0 atom stereocenters. The topological polar surface area (TPSA) is 72.1 Å². The molecule has 7 heteroatoms. The van der Waals surface area contributed by atoms with Crippen molar-refractivity contribution in [1.29, 1.82) is 0 Å². The van der Waals surface area contributed by atoms with Crippen LogP contribution in [0.4, 0.5) is 0 Å². The van der Waals surface area contributed by atoms with Gasteiger partial charge in [0.2, 0.25) is 0 Å². The van der Waals surface area contributed by atoms with Crippen LogP contribution >= 0.6 is 0 Å². The van der Waals surface area contributed by atoms with Crippen LogP contribution in [0, 0.1) is 0 Å². The van der Waals surface area contributed by atoms with E-state index in [-0.39, 0.29) is 0 Å². The largest absolute Gasteiger partial charge is 0.356 e. The standard InChI is InChI=1S/C17H23N7/c1-18-17(20-12-16-21-13-22-23(16)2)19-9-5-10-24-11-8-14-6-3-4-7-15(14)24/h3-4,6-8,11,13H,5,9-10,12H2,1-2H3,(H2,18,19,20). The number of hydrogen-bond acceptors (Lipinski definition) is 3. The van der Waals surface area contributed by atoms with Crippen LogP contribution in [0.2, 0.25) is 0 Å². The molecular weight excluding hydrogens is 302 g/mol. The second-order valence-corrected chi connectivity index (χ2v) is 5.57. The lowest BCUT2D eigenvalue weighted by Crippen LogP contribution is -2.38. The van der Waals surface area contributed by atoms with Crippen molar-refractivity contribution in [2.75, 3.05) is 13.6 Å². The van der Waals surface area contributed by atoms with Crippen LogP contribution in [0.15, 0.2) is 47.8 Å². The van der Waals surface area contributed by atoms with Crippen LogP contribution in [0.1, 0.15) is 12.2 Å². The average Bonchev–Trinajstić information content (AvgIpc) is 3.21. The number of guanidine groups is 1. The lowest BCUT2D eigenvalue weighted by Gasteiger charge is -2.12. The van der Waals surface area contributed by atoms with Crippen molar-refractivity contribution in [2.45, 2.75) is 19.5 Å². The summed E-state index contributed by atoms with van der Waals surface area (Å²) in [4.78, 5) is 8.42. The Bertz CT molecular complexity index is 815. The summed E-state index contributed by atoms with van der Waals surface area (Å²) in [6.07, 6.45) is 4.71. The summed E-state index contributed by atoms with van der Waals surface area (Å²) in [6.45, 7) is 2.42. The number of rotatable bonds is 6. The predicted octanol–water partition coefficient (Wildman–Crippen LogP) is 1.53. The zero-order valence-electron chi connectivity index (χ0n) is 14.1. The third kappa shape index (κ3) is 3.73. The Kier molecular flexibility index (Phi) is 5.10. The second kappa shape index (κ2) is 7.63. The van der Waals surface area contributed by atoms with Gasteiger partial charge in [-0.05, 0) is 23.9 Å². The molecule has 0 fully saturated rings. The molecule has 0 aliphatic heterocycles. The average molecular weight is 325 g/mol. The Hall–Kier alpha value is -2.83. The first-order valence-electron chi connectivity index (χ1n) is 8.09. The summed E-state index contributed by atoms with van der Waals surface area (Å²) < 4.78 is 4.03. The van der Waals surface area contributed by atoms with Crippen molar-refractivity contribution in [2.24, 2.45) is 12.0 Å². The molecule has 0 radical (unpaired) electrons. The highest BCUT2D eigenvalue weighted by Crippen LogP contribution is 2.15. The van der Waals surface area contributed by atoms with Gasteiger partial charge in [-0.1, -0.05) is 18.2 Å². The molecule has 0 spiro atoms. The zero-order chi connectivity index (χ0) is 16.8. The predicted molar refractivity (Wildman–Crippen MR) is 95.8 cm³/mol. The Morgan fingerprint density at radius 2 is 2.08 bits per heavy atom. The minimum absolute atomic E-state index is 0.596. The van der Waals surface area contributed by atoms with Crippen LogP contribution in [-0.4, -0.2) is 38.9 Å². The number of aryl methyl sites for hydroxylation is 2. The van der Waals surface area contributed by atoms with E-state index in [1.165, 1.54) is 10.9 Å². The molecular formula is C17H23N7. The normalized spacial score (nSPS) is 11.8. The quantitative estimate of drug-likeness (QED) is 0.409. The van der Waals surface area contributed by atoms with Crippen LogP contribution in [0.25, 0.3) is 10.9 Å². The SMILES string of the molecule is CN=C(NCCCn1ccc2ccccc21)NCc1ncnn1C. The van der Waals surface area contributed by atoms with E-state index in [0.29, 0.717) is 6.54 Å². The number of aromatic nitrogens is 4. The fourth-order valence-corrected chi connectivity index (χ4v) is 2.66. The van der Waals surface area contributed by atoms with Crippen molar-refractivity contribution in [3.8, 4) is 0 Å². The van der Waals surface area contributed by atoms with E-state index >= 15 is 0 Å². The van der Waals surface area contributed by atoms with Gasteiger partial charge in [-0.2, -0.15) is 5.10 Å². The molecule has 126 valence electrons. The van der Waals surface area contributed by atoms with Gasteiger partial charge in [-0.3, -0.25) is 9.67 Å². The van der Waals surface area contributed by atoms with Gasteiger partial charge in [0.1, 0.15) is 12.2 Å². The molecule has 3 rings (SSSR count). The first-order chi connectivity index (χ1) is 11.8. The molecule has 1 aromatic carbocycles. The first kappa shape index (κ1) is 16.0. The summed E-state index contributed by atoms with van der Waals surface area (Å²) in [5.41, 5.74) is 1.28. The van der Waals surface area contributed by atoms with Crippen molar-refractivity contribution < 1.29 is 0 Å². The van der Waals surface area contributed by atoms with Gasteiger partial charge in [-0.15, -0.1) is 0 Å². The highest BCUT2D eigenvalue weighted by atomic mass is 15.3. The van der Waals surface area contributed by atoms with Gasteiger partial charge < -0.3 is 15.2 Å². The fourth-order valence-electron chi connectivity index (χ4n) is 2.66. The van der Waals surface area contributed by atoms with Gasteiger partial charge in [-0.25, -0.2) is 4.98 Å². The van der Waals surface area contributed by atoms with E-state index < -0.39 is 0 Å². The van der Waals surface area contributed by atoms with Crippen molar-refractivity contribution in [3.63, 3.8) is 0 Å². The lowest BCUT2D eigenvalue weighted by atomic mass is 10.2. The smallest absolute Gasteiger partial charge is 0.191 e. The van der Waals surface area contributed by atoms with E-state index in [1.807, 2.05) is 7.05 Å². The van der Waals surface area contributed by atoms with E-state index in [0.717, 1.165) is 31.3 Å². The first-order valence-corrected chi connectivity index (χ1v) is 8.09. The number of benzene rings is 1. The molecule has 2 aromatic heterocycles. The minimum Gasteiger partial charge on any atom is -0.356 e. The molecule has 2 N–H and O–H groups in total. The summed E-state index contributed by atoms with van der Waals surface area (Å²) in [7, 11) is 3.65. The van der Waals surface area contributed by atoms with Crippen molar-refractivity contribution in [3.05, 3.63) is 48.7 Å². The molecule has 0 unspecified atom stereocenters. The molecule has 0 saturated carbocycles. The van der Waals surface area contributed by atoms with Gasteiger partial charge >= 0.3 is 0 Å². The molecule has 7 nitrogen and oxygen atoms in total. The summed E-state index contributed by atoms with van der Waals surface area (Å²) in [5.74, 6) is 1.65. The van der Waals surface area contributed by atoms with E-state index in [9.17, 15) is 0 Å². The molecule has 0 amide bonds. The number of aliphatic imine (C=N–C) groups is 1. The van der Waals surface area contributed by atoms with E-state index in [2.05, 4.69) is 66.8 Å². The number of hydrogen-bond donors (Lipinski definition) is 2. The van der Waals surface area contributed by atoms with Crippen LogP contribution in [0.3, 0.4) is 0 Å². The molecule has 0 saturated heterocycles. The third-order valence-electron chi connectivity index (χ3n) is 3.99. The number of para-hydroxylation sites is 1. The summed E-state index contributed by atoms with van der Waals surface area (Å²) in [6, 6.07) is 10.6. The highest BCUT2D eigenvalue weighted by molar-refractivity contribution is 5.80.